The normalized spacial score (nSPS) is 12.2. The van der Waals surface area contributed by atoms with Crippen LogP contribution < -0.4 is 10.1 Å². The van der Waals surface area contributed by atoms with E-state index in [0.717, 1.165) is 18.0 Å². The van der Waals surface area contributed by atoms with Crippen molar-refractivity contribution in [1.29, 1.82) is 0 Å². The van der Waals surface area contributed by atoms with E-state index in [-0.39, 0.29) is 6.04 Å². The first-order chi connectivity index (χ1) is 10.1. The molecule has 0 radical (unpaired) electrons. The van der Waals surface area contributed by atoms with E-state index in [4.69, 9.17) is 4.74 Å². The Kier molecular flexibility index (Phi) is 5.20. The Morgan fingerprint density at radius 3 is 2.43 bits per heavy atom. The molecular formula is C18H24N2O. The molecule has 0 bridgehead atoms. The summed E-state index contributed by atoms with van der Waals surface area (Å²) in [5, 5.41) is 3.49. The topological polar surface area (TPSA) is 34.2 Å². The van der Waals surface area contributed by atoms with Gasteiger partial charge in [0.15, 0.2) is 0 Å². The molecule has 0 fully saturated rings. The van der Waals surface area contributed by atoms with Crippen LogP contribution in [0.3, 0.4) is 0 Å². The number of hydrogen-bond acceptors (Lipinski definition) is 3. The predicted octanol–water partition coefficient (Wildman–Crippen LogP) is 4.60. The van der Waals surface area contributed by atoms with Crippen LogP contribution in [0.1, 0.15) is 37.9 Å². The van der Waals surface area contributed by atoms with Crippen LogP contribution in [-0.2, 0) is 0 Å². The Balaban J connectivity index is 2.00. The third kappa shape index (κ3) is 4.48. The lowest BCUT2D eigenvalue weighted by atomic mass is 10.1. The smallest absolute Gasteiger partial charge is 0.119 e. The number of ether oxygens (including phenoxy) is 1. The zero-order valence-corrected chi connectivity index (χ0v) is 13.3. The summed E-state index contributed by atoms with van der Waals surface area (Å²) in [6, 6.07) is 10.5. The highest BCUT2D eigenvalue weighted by molar-refractivity contribution is 5.50. The van der Waals surface area contributed by atoms with Crippen LogP contribution in [0, 0.1) is 12.8 Å². The maximum Gasteiger partial charge on any atom is 0.119 e. The van der Waals surface area contributed by atoms with E-state index in [1.54, 1.807) is 0 Å². The summed E-state index contributed by atoms with van der Waals surface area (Å²) < 4.78 is 5.71. The summed E-state index contributed by atoms with van der Waals surface area (Å²) in [5.41, 5.74) is 3.51. The summed E-state index contributed by atoms with van der Waals surface area (Å²) in [6.45, 7) is 9.28. The lowest BCUT2D eigenvalue weighted by molar-refractivity contribution is 0.271. The van der Waals surface area contributed by atoms with E-state index in [9.17, 15) is 0 Å². The first-order valence-corrected chi connectivity index (χ1v) is 7.46. The Morgan fingerprint density at radius 2 is 1.81 bits per heavy atom. The van der Waals surface area contributed by atoms with Gasteiger partial charge in [-0.3, -0.25) is 4.98 Å². The standard InChI is InChI=1S/C18H24N2O/c1-13(2)12-21-17-7-5-16(6-8-17)15(4)20-18-11-19-10-9-14(18)3/h5-11,13,15,20H,12H2,1-4H3. The maximum atomic E-state index is 5.71. The molecule has 0 saturated heterocycles. The van der Waals surface area contributed by atoms with E-state index in [1.165, 1.54) is 11.1 Å². The first-order valence-electron chi connectivity index (χ1n) is 7.46. The zero-order valence-electron chi connectivity index (χ0n) is 13.3. The van der Waals surface area contributed by atoms with Crippen LogP contribution in [0.4, 0.5) is 5.69 Å². The highest BCUT2D eigenvalue weighted by Crippen LogP contribution is 2.23. The van der Waals surface area contributed by atoms with Gasteiger partial charge < -0.3 is 10.1 Å². The number of benzene rings is 1. The van der Waals surface area contributed by atoms with Gasteiger partial charge in [-0.15, -0.1) is 0 Å². The van der Waals surface area contributed by atoms with Crippen molar-refractivity contribution in [2.45, 2.75) is 33.7 Å². The third-order valence-corrected chi connectivity index (χ3v) is 3.37. The Morgan fingerprint density at radius 1 is 1.10 bits per heavy atom. The number of pyridine rings is 1. The molecule has 1 aromatic heterocycles. The van der Waals surface area contributed by atoms with Gasteiger partial charge in [0.1, 0.15) is 5.75 Å². The molecule has 21 heavy (non-hydrogen) atoms. The average Bonchev–Trinajstić information content (AvgIpc) is 2.48. The van der Waals surface area contributed by atoms with Gasteiger partial charge in [-0.25, -0.2) is 0 Å². The molecule has 1 atom stereocenters. The molecule has 1 heterocycles. The van der Waals surface area contributed by atoms with Crippen molar-refractivity contribution in [2.75, 3.05) is 11.9 Å². The fourth-order valence-corrected chi connectivity index (χ4v) is 2.05. The van der Waals surface area contributed by atoms with Gasteiger partial charge in [0.25, 0.3) is 0 Å². The molecule has 1 unspecified atom stereocenters. The fourth-order valence-electron chi connectivity index (χ4n) is 2.05. The van der Waals surface area contributed by atoms with Crippen molar-refractivity contribution in [3.05, 3.63) is 53.9 Å². The van der Waals surface area contributed by atoms with Gasteiger partial charge in [0, 0.05) is 12.2 Å². The second-order valence-electron chi connectivity index (χ2n) is 5.83. The minimum Gasteiger partial charge on any atom is -0.493 e. The van der Waals surface area contributed by atoms with Crippen molar-refractivity contribution in [3.63, 3.8) is 0 Å². The van der Waals surface area contributed by atoms with Crippen molar-refractivity contribution >= 4 is 5.69 Å². The van der Waals surface area contributed by atoms with Crippen LogP contribution in [-0.4, -0.2) is 11.6 Å². The number of aryl methyl sites for hydroxylation is 1. The maximum absolute atomic E-state index is 5.71. The van der Waals surface area contributed by atoms with Gasteiger partial charge >= 0.3 is 0 Å². The number of aromatic nitrogens is 1. The molecule has 0 amide bonds. The monoisotopic (exact) mass is 284 g/mol. The number of anilines is 1. The van der Waals surface area contributed by atoms with E-state index in [2.05, 4.69) is 50.1 Å². The molecule has 1 N–H and O–H groups in total. The average molecular weight is 284 g/mol. The zero-order chi connectivity index (χ0) is 15.2. The Labute approximate surface area is 127 Å². The van der Waals surface area contributed by atoms with Crippen molar-refractivity contribution in [2.24, 2.45) is 5.92 Å². The molecule has 0 aliphatic heterocycles. The fraction of sp³-hybridized carbons (Fsp3) is 0.389. The van der Waals surface area contributed by atoms with Crippen LogP contribution in [0.15, 0.2) is 42.7 Å². The van der Waals surface area contributed by atoms with E-state index in [1.807, 2.05) is 30.6 Å². The summed E-state index contributed by atoms with van der Waals surface area (Å²) in [6.07, 6.45) is 3.68. The molecule has 0 spiro atoms. The SMILES string of the molecule is Cc1ccncc1NC(C)c1ccc(OCC(C)C)cc1. The Bertz CT molecular complexity index is 564. The summed E-state index contributed by atoms with van der Waals surface area (Å²) in [5.74, 6) is 1.47. The molecule has 1 aromatic carbocycles. The van der Waals surface area contributed by atoms with Gasteiger partial charge in [-0.05, 0) is 49.1 Å². The third-order valence-electron chi connectivity index (χ3n) is 3.37. The molecule has 2 rings (SSSR count). The van der Waals surface area contributed by atoms with Crippen molar-refractivity contribution in [1.82, 2.24) is 4.98 Å². The van der Waals surface area contributed by atoms with E-state index < -0.39 is 0 Å². The molecule has 0 saturated carbocycles. The van der Waals surface area contributed by atoms with Gasteiger partial charge in [0.05, 0.1) is 18.5 Å². The molecule has 112 valence electrons. The predicted molar refractivity (Wildman–Crippen MR) is 87.8 cm³/mol. The van der Waals surface area contributed by atoms with Crippen molar-refractivity contribution < 1.29 is 4.74 Å². The first kappa shape index (κ1) is 15.4. The molecular weight excluding hydrogens is 260 g/mol. The summed E-state index contributed by atoms with van der Waals surface area (Å²) in [7, 11) is 0. The van der Waals surface area contributed by atoms with Crippen LogP contribution in [0.25, 0.3) is 0 Å². The van der Waals surface area contributed by atoms with Gasteiger partial charge in [-0.1, -0.05) is 26.0 Å². The number of nitrogens with one attached hydrogen (secondary N) is 1. The van der Waals surface area contributed by atoms with Crippen LogP contribution in [0.2, 0.25) is 0 Å². The second-order valence-corrected chi connectivity index (χ2v) is 5.83. The summed E-state index contributed by atoms with van der Waals surface area (Å²) in [4.78, 5) is 4.16. The number of nitrogens with zero attached hydrogens (tertiary/aromatic N) is 1. The molecule has 0 aliphatic rings. The molecule has 3 heteroatoms. The lowest BCUT2D eigenvalue weighted by Crippen LogP contribution is -2.08. The number of hydrogen-bond donors (Lipinski definition) is 1. The summed E-state index contributed by atoms with van der Waals surface area (Å²) >= 11 is 0. The highest BCUT2D eigenvalue weighted by Gasteiger charge is 2.07. The van der Waals surface area contributed by atoms with E-state index >= 15 is 0 Å². The lowest BCUT2D eigenvalue weighted by Gasteiger charge is -2.17. The minimum absolute atomic E-state index is 0.229. The van der Waals surface area contributed by atoms with Crippen molar-refractivity contribution in [3.8, 4) is 5.75 Å². The quantitative estimate of drug-likeness (QED) is 0.842. The van der Waals surface area contributed by atoms with Crippen LogP contribution in [0.5, 0.6) is 5.75 Å². The molecule has 0 aliphatic carbocycles. The Hall–Kier alpha value is -2.03. The van der Waals surface area contributed by atoms with Gasteiger partial charge in [0.2, 0.25) is 0 Å². The minimum atomic E-state index is 0.229. The second kappa shape index (κ2) is 7.11. The molecule has 2 aromatic rings. The number of rotatable bonds is 6. The molecule has 3 nitrogen and oxygen atoms in total. The highest BCUT2D eigenvalue weighted by atomic mass is 16.5. The van der Waals surface area contributed by atoms with E-state index in [0.29, 0.717) is 5.92 Å². The van der Waals surface area contributed by atoms with Gasteiger partial charge in [-0.2, -0.15) is 0 Å². The van der Waals surface area contributed by atoms with Crippen LogP contribution >= 0.6 is 0 Å². The largest absolute Gasteiger partial charge is 0.493 e.